The van der Waals surface area contributed by atoms with Crippen LogP contribution in [0.4, 0.5) is 10.5 Å². The third-order valence-electron chi connectivity index (χ3n) is 6.51. The van der Waals surface area contributed by atoms with Gasteiger partial charge in [-0.2, -0.15) is 5.10 Å². The van der Waals surface area contributed by atoms with Crippen LogP contribution >= 0.6 is 0 Å². The minimum atomic E-state index is -3.50. The highest BCUT2D eigenvalue weighted by atomic mass is 32.2. The number of nitrogens with two attached hydrogens (primary N) is 1. The van der Waals surface area contributed by atoms with Crippen molar-refractivity contribution in [3.05, 3.63) is 34.5 Å². The van der Waals surface area contributed by atoms with Crippen molar-refractivity contribution in [3.63, 3.8) is 0 Å². The van der Waals surface area contributed by atoms with Crippen molar-refractivity contribution < 1.29 is 13.7 Å². The summed E-state index contributed by atoms with van der Waals surface area (Å²) in [5, 5.41) is 13.3. The zero-order valence-electron chi connectivity index (χ0n) is 18.6. The van der Waals surface area contributed by atoms with E-state index in [1.807, 2.05) is 14.1 Å². The Hall–Kier alpha value is -2.43. The predicted octanol–water partition coefficient (Wildman–Crippen LogP) is 2.36. The molecule has 0 spiro atoms. The van der Waals surface area contributed by atoms with Crippen LogP contribution in [0.2, 0.25) is 0 Å². The Morgan fingerprint density at radius 1 is 1.28 bits per heavy atom. The molecule has 2 amide bonds. The maximum atomic E-state index is 13.3. The lowest BCUT2D eigenvalue weighted by molar-refractivity contribution is 0.136. The Balaban J connectivity index is 1.41. The summed E-state index contributed by atoms with van der Waals surface area (Å²) in [7, 11) is 0.509. The number of carbonyl (C=O) groups excluding carboxylic acids is 1. The van der Waals surface area contributed by atoms with Gasteiger partial charge in [-0.1, -0.05) is 6.07 Å². The molecule has 2 unspecified atom stereocenters. The molecule has 2 aliphatic carbocycles. The molecule has 0 saturated heterocycles. The van der Waals surface area contributed by atoms with E-state index in [4.69, 9.17) is 9.88 Å². The summed E-state index contributed by atoms with van der Waals surface area (Å²) < 4.78 is 24.6. The second kappa shape index (κ2) is 8.17. The molecule has 10 heteroatoms. The van der Waals surface area contributed by atoms with E-state index in [0.29, 0.717) is 19.0 Å². The van der Waals surface area contributed by atoms with Crippen molar-refractivity contribution in [2.45, 2.75) is 50.0 Å². The average molecular weight is 459 g/mol. The second-order valence-corrected chi connectivity index (χ2v) is 11.0. The Bertz CT molecular complexity index is 1160. The number of carbonyl (C=O) groups is 1. The van der Waals surface area contributed by atoms with E-state index in [-0.39, 0.29) is 10.8 Å². The van der Waals surface area contributed by atoms with Crippen molar-refractivity contribution in [1.29, 1.82) is 0 Å². The number of nitrogens with one attached hydrogen (secondary N) is 1. The third kappa shape index (κ3) is 3.91. The van der Waals surface area contributed by atoms with Gasteiger partial charge < -0.3 is 15.0 Å². The fraction of sp³-hybridized carbons (Fsp3) is 0.545. The molecule has 0 fully saturated rings. The zero-order valence-corrected chi connectivity index (χ0v) is 19.4. The first-order chi connectivity index (χ1) is 15.3. The first kappa shape index (κ1) is 21.4. The smallest absolute Gasteiger partial charge is 0.354 e. The van der Waals surface area contributed by atoms with E-state index in [1.54, 1.807) is 4.68 Å². The van der Waals surface area contributed by atoms with Crippen LogP contribution in [0.15, 0.2) is 21.5 Å². The molecular weight excluding hydrogens is 428 g/mol. The number of hydrogen-bond donors (Lipinski definition) is 2. The highest BCUT2D eigenvalue weighted by molar-refractivity contribution is 7.91. The summed E-state index contributed by atoms with van der Waals surface area (Å²) in [5.74, 6) is 0.604. The zero-order chi connectivity index (χ0) is 22.5. The molecule has 9 nitrogen and oxygen atoms in total. The van der Waals surface area contributed by atoms with Gasteiger partial charge in [0.15, 0.2) is 9.92 Å². The first-order valence-corrected chi connectivity index (χ1v) is 12.8. The fourth-order valence-electron chi connectivity index (χ4n) is 5.22. The van der Waals surface area contributed by atoms with Gasteiger partial charge in [0, 0.05) is 18.2 Å². The van der Waals surface area contributed by atoms with Crippen molar-refractivity contribution in [1.82, 2.24) is 14.7 Å². The molecule has 2 atom stereocenters. The second-order valence-electron chi connectivity index (χ2n) is 9.26. The number of rotatable bonds is 4. The lowest BCUT2D eigenvalue weighted by Gasteiger charge is -2.26. The lowest BCUT2D eigenvalue weighted by atomic mass is 9.99. The van der Waals surface area contributed by atoms with Crippen LogP contribution in [0.5, 0.6) is 5.88 Å². The van der Waals surface area contributed by atoms with Crippen LogP contribution in [0, 0.1) is 5.92 Å². The van der Waals surface area contributed by atoms with Gasteiger partial charge in [0.25, 0.3) is 0 Å². The largest absolute Gasteiger partial charge is 0.476 e. The third-order valence-corrected chi connectivity index (χ3v) is 7.86. The highest BCUT2D eigenvalue weighted by Gasteiger charge is 2.29. The Morgan fingerprint density at radius 3 is 2.62 bits per heavy atom. The summed E-state index contributed by atoms with van der Waals surface area (Å²) in [6.07, 6.45) is 7.52. The SMILES string of the molecule is CN(C)CC1COc2c(S(N)(=O)=NC(=O)Nc3c4c(cc5c3CCC5)CCC4)cnn2C1. The topological polar surface area (TPSA) is 115 Å². The molecular formula is C22H30N6O3S. The maximum Gasteiger partial charge on any atom is 0.354 e. The number of urea groups is 1. The van der Waals surface area contributed by atoms with Crippen LogP contribution in [0.3, 0.4) is 0 Å². The number of nitrogens with zero attached hydrogens (tertiary/aromatic N) is 4. The molecule has 5 rings (SSSR count). The molecule has 32 heavy (non-hydrogen) atoms. The van der Waals surface area contributed by atoms with Gasteiger partial charge in [-0.05, 0) is 74.9 Å². The molecule has 2 aromatic rings. The Morgan fingerprint density at radius 2 is 1.97 bits per heavy atom. The lowest BCUT2D eigenvalue weighted by Crippen LogP contribution is -2.34. The number of amides is 2. The number of anilines is 1. The van der Waals surface area contributed by atoms with Crippen molar-refractivity contribution in [2.75, 3.05) is 32.6 Å². The average Bonchev–Trinajstić information content (AvgIpc) is 3.45. The van der Waals surface area contributed by atoms with Gasteiger partial charge in [-0.15, -0.1) is 4.36 Å². The molecule has 172 valence electrons. The molecule has 3 aliphatic rings. The van der Waals surface area contributed by atoms with E-state index >= 15 is 0 Å². The van der Waals surface area contributed by atoms with E-state index < -0.39 is 15.9 Å². The van der Waals surface area contributed by atoms with Crippen LogP contribution in [-0.2, 0) is 42.1 Å². The van der Waals surface area contributed by atoms with Crippen molar-refractivity contribution >= 4 is 21.6 Å². The number of benzene rings is 1. The van der Waals surface area contributed by atoms with Crippen molar-refractivity contribution in [2.24, 2.45) is 15.4 Å². The van der Waals surface area contributed by atoms with Gasteiger partial charge in [-0.25, -0.2) is 18.8 Å². The first-order valence-electron chi connectivity index (χ1n) is 11.2. The monoisotopic (exact) mass is 458 g/mol. The van der Waals surface area contributed by atoms with Gasteiger partial charge in [0.1, 0.15) is 4.90 Å². The molecule has 2 heterocycles. The van der Waals surface area contributed by atoms with Gasteiger partial charge in [-0.3, -0.25) is 0 Å². The van der Waals surface area contributed by atoms with Gasteiger partial charge in [0.2, 0.25) is 5.88 Å². The summed E-state index contributed by atoms with van der Waals surface area (Å²) in [6, 6.07) is 1.61. The molecule has 0 bridgehead atoms. The quantitative estimate of drug-likeness (QED) is 0.730. The number of hydrogen-bond acceptors (Lipinski definition) is 5. The van der Waals surface area contributed by atoms with Crippen LogP contribution < -0.4 is 15.2 Å². The molecule has 0 radical (unpaired) electrons. The van der Waals surface area contributed by atoms with Crippen LogP contribution in [-0.4, -0.2) is 52.2 Å². The summed E-state index contributed by atoms with van der Waals surface area (Å²) >= 11 is 0. The van der Waals surface area contributed by atoms with E-state index in [2.05, 4.69) is 25.7 Å². The van der Waals surface area contributed by atoms with Crippen molar-refractivity contribution in [3.8, 4) is 5.88 Å². The van der Waals surface area contributed by atoms with E-state index in [1.165, 1.54) is 28.5 Å². The molecule has 0 saturated carbocycles. The van der Waals surface area contributed by atoms with Gasteiger partial charge >= 0.3 is 6.03 Å². The molecule has 3 N–H and O–H groups in total. The van der Waals surface area contributed by atoms with Gasteiger partial charge in [0.05, 0.1) is 19.3 Å². The van der Waals surface area contributed by atoms with E-state index in [9.17, 15) is 9.00 Å². The minimum Gasteiger partial charge on any atom is -0.476 e. The number of aromatic nitrogens is 2. The van der Waals surface area contributed by atoms with E-state index in [0.717, 1.165) is 50.8 Å². The summed E-state index contributed by atoms with van der Waals surface area (Å²) in [4.78, 5) is 15.1. The van der Waals surface area contributed by atoms with Crippen LogP contribution in [0.1, 0.15) is 35.1 Å². The standard InChI is InChI=1S/C22H30N6O3S/c1-27(2)11-14-12-28-21(31-13-14)19(10-24-28)32(23,30)26-22(29)25-20-17-7-3-5-15(17)9-16-6-4-8-18(16)20/h9-10,14H,3-8,11-13H2,1-2H3,(H3,23,25,26,29,30). The number of ether oxygens (including phenoxy) is 1. The molecule has 1 aliphatic heterocycles. The fourth-order valence-corrected chi connectivity index (χ4v) is 6.23. The molecule has 1 aromatic carbocycles. The summed E-state index contributed by atoms with van der Waals surface area (Å²) in [6.45, 7) is 1.96. The minimum absolute atomic E-state index is 0.166. The number of fused-ring (bicyclic) bond motifs is 3. The highest BCUT2D eigenvalue weighted by Crippen LogP contribution is 2.38. The predicted molar refractivity (Wildman–Crippen MR) is 122 cm³/mol. The Kier molecular flexibility index (Phi) is 5.47. The number of aryl methyl sites for hydroxylation is 2. The summed E-state index contributed by atoms with van der Waals surface area (Å²) in [5.41, 5.74) is 5.85. The molecule has 1 aromatic heterocycles. The normalized spacial score (nSPS) is 20.8. The Labute approximate surface area is 188 Å². The maximum absolute atomic E-state index is 13.3. The van der Waals surface area contributed by atoms with Crippen LogP contribution in [0.25, 0.3) is 0 Å².